The standard InChI is InChI=1S/C16H23N3O5S/c1-17-16(21)13-3-5-14(6-4-13)25(22,23)18-10-12-9-15(20)19(11-12)7-8-24-2/h3-6,12,18H,7-11H2,1-2H3,(H,17,21). The van der Waals surface area contributed by atoms with Gasteiger partial charge in [0, 0.05) is 45.8 Å². The molecule has 2 rings (SSSR count). The molecule has 1 unspecified atom stereocenters. The van der Waals surface area contributed by atoms with Crippen molar-refractivity contribution in [1.82, 2.24) is 14.9 Å². The second-order valence-corrected chi connectivity index (χ2v) is 7.63. The molecule has 8 nitrogen and oxygen atoms in total. The molecule has 0 aliphatic carbocycles. The normalized spacial score (nSPS) is 17.8. The minimum Gasteiger partial charge on any atom is -0.383 e. The Balaban J connectivity index is 1.93. The van der Waals surface area contributed by atoms with E-state index in [-0.39, 0.29) is 29.2 Å². The van der Waals surface area contributed by atoms with Crippen molar-refractivity contribution in [2.75, 3.05) is 40.4 Å². The first-order valence-electron chi connectivity index (χ1n) is 7.96. The molecule has 138 valence electrons. The zero-order chi connectivity index (χ0) is 18.4. The third kappa shape index (κ3) is 5.00. The molecule has 9 heteroatoms. The summed E-state index contributed by atoms with van der Waals surface area (Å²) in [6.45, 7) is 1.68. The van der Waals surface area contributed by atoms with Gasteiger partial charge in [-0.25, -0.2) is 13.1 Å². The predicted octanol–water partition coefficient (Wildman–Crippen LogP) is -0.181. The molecule has 1 aromatic carbocycles. The lowest BCUT2D eigenvalue weighted by molar-refractivity contribution is -0.128. The Kier molecular flexibility index (Phi) is 6.51. The first-order valence-corrected chi connectivity index (χ1v) is 9.44. The SMILES string of the molecule is CNC(=O)c1ccc(S(=O)(=O)NCC2CC(=O)N(CCOC)C2)cc1. The second-order valence-electron chi connectivity index (χ2n) is 5.86. The van der Waals surface area contributed by atoms with Crippen molar-refractivity contribution in [3.63, 3.8) is 0 Å². The summed E-state index contributed by atoms with van der Waals surface area (Å²) in [6.07, 6.45) is 0.321. The van der Waals surface area contributed by atoms with Crippen LogP contribution in [0.3, 0.4) is 0 Å². The molecule has 1 aromatic rings. The van der Waals surface area contributed by atoms with Gasteiger partial charge in [0.25, 0.3) is 5.91 Å². The number of carbonyl (C=O) groups excluding carboxylic acids is 2. The molecule has 1 atom stereocenters. The molecular formula is C16H23N3O5S. The van der Waals surface area contributed by atoms with E-state index in [4.69, 9.17) is 4.74 Å². The molecule has 1 aliphatic heterocycles. The van der Waals surface area contributed by atoms with Crippen molar-refractivity contribution < 1.29 is 22.7 Å². The Bertz CT molecular complexity index is 718. The summed E-state index contributed by atoms with van der Waals surface area (Å²) >= 11 is 0. The van der Waals surface area contributed by atoms with Crippen LogP contribution >= 0.6 is 0 Å². The number of likely N-dealkylation sites (tertiary alicyclic amines) is 1. The molecule has 0 spiro atoms. The quantitative estimate of drug-likeness (QED) is 0.661. The van der Waals surface area contributed by atoms with E-state index in [0.29, 0.717) is 31.7 Å². The summed E-state index contributed by atoms with van der Waals surface area (Å²) in [5.74, 6) is -0.335. The summed E-state index contributed by atoms with van der Waals surface area (Å²) in [5.41, 5.74) is 0.386. The van der Waals surface area contributed by atoms with E-state index in [1.165, 1.54) is 31.3 Å². The number of nitrogens with one attached hydrogen (secondary N) is 2. The van der Waals surface area contributed by atoms with Gasteiger partial charge in [-0.3, -0.25) is 9.59 Å². The molecule has 0 saturated carbocycles. The second kappa shape index (κ2) is 8.41. The van der Waals surface area contributed by atoms with E-state index < -0.39 is 10.0 Å². The molecule has 2 N–H and O–H groups in total. The number of hydrogen-bond donors (Lipinski definition) is 2. The van der Waals surface area contributed by atoms with Crippen molar-refractivity contribution >= 4 is 21.8 Å². The van der Waals surface area contributed by atoms with Gasteiger partial charge in [0.2, 0.25) is 15.9 Å². The lowest BCUT2D eigenvalue weighted by Gasteiger charge is -2.16. The van der Waals surface area contributed by atoms with Gasteiger partial charge in [-0.05, 0) is 30.2 Å². The maximum atomic E-state index is 12.3. The van der Waals surface area contributed by atoms with E-state index >= 15 is 0 Å². The van der Waals surface area contributed by atoms with Gasteiger partial charge in [0.15, 0.2) is 0 Å². The van der Waals surface area contributed by atoms with Crippen molar-refractivity contribution in [3.8, 4) is 0 Å². The number of methoxy groups -OCH3 is 1. The number of benzene rings is 1. The number of carbonyl (C=O) groups is 2. The maximum absolute atomic E-state index is 12.3. The van der Waals surface area contributed by atoms with E-state index in [0.717, 1.165) is 0 Å². The fourth-order valence-corrected chi connectivity index (χ4v) is 3.77. The summed E-state index contributed by atoms with van der Waals surface area (Å²) in [7, 11) is -0.607. The molecule has 1 saturated heterocycles. The Labute approximate surface area is 147 Å². The number of sulfonamides is 1. The van der Waals surface area contributed by atoms with Crippen LogP contribution in [0.4, 0.5) is 0 Å². The number of hydrogen-bond acceptors (Lipinski definition) is 5. The highest BCUT2D eigenvalue weighted by Crippen LogP contribution is 2.18. The highest BCUT2D eigenvalue weighted by molar-refractivity contribution is 7.89. The highest BCUT2D eigenvalue weighted by Gasteiger charge is 2.30. The monoisotopic (exact) mass is 369 g/mol. The van der Waals surface area contributed by atoms with Crippen LogP contribution < -0.4 is 10.0 Å². The van der Waals surface area contributed by atoms with E-state index in [1.54, 1.807) is 12.0 Å². The lowest BCUT2D eigenvalue weighted by atomic mass is 10.1. The topological polar surface area (TPSA) is 105 Å². The van der Waals surface area contributed by atoms with E-state index in [1.807, 2.05) is 0 Å². The smallest absolute Gasteiger partial charge is 0.251 e. The largest absolute Gasteiger partial charge is 0.383 e. The Morgan fingerprint density at radius 3 is 2.60 bits per heavy atom. The molecule has 1 aliphatic rings. The van der Waals surface area contributed by atoms with Crippen LogP contribution in [0.25, 0.3) is 0 Å². The molecule has 1 fully saturated rings. The fraction of sp³-hybridized carbons (Fsp3) is 0.500. The third-order valence-corrected chi connectivity index (χ3v) is 5.52. The van der Waals surface area contributed by atoms with Gasteiger partial charge >= 0.3 is 0 Å². The summed E-state index contributed by atoms with van der Waals surface area (Å²) < 4.78 is 32.2. The van der Waals surface area contributed by atoms with Crippen LogP contribution in [-0.4, -0.2) is 65.5 Å². The first-order chi connectivity index (χ1) is 11.9. The molecule has 0 bridgehead atoms. The average Bonchev–Trinajstić information content (AvgIpc) is 2.97. The van der Waals surface area contributed by atoms with Crippen molar-refractivity contribution in [2.24, 2.45) is 5.92 Å². The molecule has 1 heterocycles. The number of rotatable bonds is 8. The average molecular weight is 369 g/mol. The molecule has 0 radical (unpaired) electrons. The van der Waals surface area contributed by atoms with Gasteiger partial charge in [0.1, 0.15) is 0 Å². The Morgan fingerprint density at radius 2 is 2.00 bits per heavy atom. The van der Waals surface area contributed by atoms with Crippen molar-refractivity contribution in [3.05, 3.63) is 29.8 Å². The number of nitrogens with zero attached hydrogens (tertiary/aromatic N) is 1. The van der Waals surface area contributed by atoms with Crippen molar-refractivity contribution in [2.45, 2.75) is 11.3 Å². The summed E-state index contributed by atoms with van der Waals surface area (Å²) in [4.78, 5) is 25.1. The summed E-state index contributed by atoms with van der Waals surface area (Å²) in [6, 6.07) is 5.69. The zero-order valence-corrected chi connectivity index (χ0v) is 15.1. The highest BCUT2D eigenvalue weighted by atomic mass is 32.2. The zero-order valence-electron chi connectivity index (χ0n) is 14.3. The predicted molar refractivity (Wildman–Crippen MR) is 91.6 cm³/mol. The number of ether oxygens (including phenoxy) is 1. The van der Waals surface area contributed by atoms with Gasteiger partial charge in [0.05, 0.1) is 11.5 Å². The molecule has 0 aromatic heterocycles. The van der Waals surface area contributed by atoms with E-state index in [9.17, 15) is 18.0 Å². The van der Waals surface area contributed by atoms with Crippen LogP contribution in [0, 0.1) is 5.92 Å². The van der Waals surface area contributed by atoms with Gasteiger partial charge in [-0.15, -0.1) is 0 Å². The lowest BCUT2D eigenvalue weighted by Crippen LogP contribution is -2.32. The first kappa shape index (κ1) is 19.4. The van der Waals surface area contributed by atoms with Gasteiger partial charge in [-0.2, -0.15) is 0 Å². The minimum atomic E-state index is -3.69. The summed E-state index contributed by atoms with van der Waals surface area (Å²) in [5, 5.41) is 2.47. The van der Waals surface area contributed by atoms with Crippen LogP contribution in [0.5, 0.6) is 0 Å². The molecule has 2 amide bonds. The molecular weight excluding hydrogens is 346 g/mol. The van der Waals surface area contributed by atoms with Crippen LogP contribution in [0.2, 0.25) is 0 Å². The van der Waals surface area contributed by atoms with Gasteiger partial charge < -0.3 is 15.0 Å². The Morgan fingerprint density at radius 1 is 1.32 bits per heavy atom. The third-order valence-electron chi connectivity index (χ3n) is 4.08. The molecule has 25 heavy (non-hydrogen) atoms. The maximum Gasteiger partial charge on any atom is 0.251 e. The van der Waals surface area contributed by atoms with Crippen LogP contribution in [-0.2, 0) is 19.6 Å². The van der Waals surface area contributed by atoms with Crippen LogP contribution in [0.15, 0.2) is 29.2 Å². The van der Waals surface area contributed by atoms with Crippen molar-refractivity contribution in [1.29, 1.82) is 0 Å². The number of amides is 2. The minimum absolute atomic E-state index is 0.0104. The fourth-order valence-electron chi connectivity index (χ4n) is 2.65. The van der Waals surface area contributed by atoms with Gasteiger partial charge in [-0.1, -0.05) is 0 Å². The van der Waals surface area contributed by atoms with Crippen LogP contribution in [0.1, 0.15) is 16.8 Å². The van der Waals surface area contributed by atoms with E-state index in [2.05, 4.69) is 10.0 Å². The Hall–Kier alpha value is -1.97.